The second kappa shape index (κ2) is 6.40. The monoisotopic (exact) mass is 265 g/mol. The summed E-state index contributed by atoms with van der Waals surface area (Å²) in [5, 5.41) is 12.9. The first-order valence-electron chi connectivity index (χ1n) is 6.86. The van der Waals surface area contributed by atoms with Crippen LogP contribution in [0.5, 0.6) is 5.75 Å². The largest absolute Gasteiger partial charge is 0.491 e. The molecule has 3 nitrogen and oxygen atoms in total. The summed E-state index contributed by atoms with van der Waals surface area (Å²) in [5.74, 6) is 0.927. The number of rotatable bonds is 6. The fraction of sp³-hybridized carbons (Fsp3) is 0.625. The summed E-state index contributed by atoms with van der Waals surface area (Å²) in [6.45, 7) is 12.8. The van der Waals surface area contributed by atoms with E-state index < -0.39 is 5.54 Å². The number of aliphatic hydroxyl groups is 1. The molecule has 0 aromatic heterocycles. The highest BCUT2D eigenvalue weighted by molar-refractivity contribution is 5.43. The van der Waals surface area contributed by atoms with Gasteiger partial charge in [-0.3, -0.25) is 0 Å². The Morgan fingerprint density at radius 3 is 2.16 bits per heavy atom. The van der Waals surface area contributed by atoms with Crippen molar-refractivity contribution in [3.05, 3.63) is 28.8 Å². The van der Waals surface area contributed by atoms with Gasteiger partial charge in [-0.05, 0) is 38.8 Å². The molecule has 0 heterocycles. The molecule has 19 heavy (non-hydrogen) atoms. The summed E-state index contributed by atoms with van der Waals surface area (Å²) >= 11 is 0. The highest BCUT2D eigenvalue weighted by Crippen LogP contribution is 2.25. The number of nitrogens with one attached hydrogen (secondary N) is 1. The minimum Gasteiger partial charge on any atom is -0.491 e. The van der Waals surface area contributed by atoms with E-state index in [1.54, 1.807) is 0 Å². The van der Waals surface area contributed by atoms with Gasteiger partial charge >= 0.3 is 0 Å². The lowest BCUT2D eigenvalue weighted by Crippen LogP contribution is -2.53. The van der Waals surface area contributed by atoms with Crippen LogP contribution in [0.2, 0.25) is 0 Å². The minimum absolute atomic E-state index is 0.0507. The maximum atomic E-state index is 9.55. The molecule has 0 aliphatic heterocycles. The predicted molar refractivity (Wildman–Crippen MR) is 79.9 cm³/mol. The van der Waals surface area contributed by atoms with Gasteiger partial charge in [-0.25, -0.2) is 0 Å². The van der Waals surface area contributed by atoms with E-state index in [0.717, 1.165) is 16.9 Å². The molecular weight excluding hydrogens is 238 g/mol. The molecule has 1 aromatic carbocycles. The molecule has 2 N–H and O–H groups in total. The molecule has 0 fully saturated rings. The molecule has 1 unspecified atom stereocenters. The Kier molecular flexibility index (Phi) is 5.39. The summed E-state index contributed by atoms with van der Waals surface area (Å²) in [7, 11) is 0. The SMILES string of the molecule is Cc1cc(C)c(OCC(C)(CO)NC(C)C)c(C)c1. The summed E-state index contributed by atoms with van der Waals surface area (Å²) in [5.41, 5.74) is 3.11. The van der Waals surface area contributed by atoms with Crippen LogP contribution in [0.3, 0.4) is 0 Å². The van der Waals surface area contributed by atoms with Gasteiger partial charge in [0.1, 0.15) is 12.4 Å². The Hall–Kier alpha value is -1.06. The highest BCUT2D eigenvalue weighted by atomic mass is 16.5. The first kappa shape index (κ1) is 16.0. The van der Waals surface area contributed by atoms with Crippen molar-refractivity contribution in [1.29, 1.82) is 0 Å². The van der Waals surface area contributed by atoms with Crippen molar-refractivity contribution >= 4 is 0 Å². The van der Waals surface area contributed by atoms with Gasteiger partial charge in [0, 0.05) is 6.04 Å². The highest BCUT2D eigenvalue weighted by Gasteiger charge is 2.25. The van der Waals surface area contributed by atoms with E-state index in [0.29, 0.717) is 12.6 Å². The van der Waals surface area contributed by atoms with Gasteiger partial charge in [0.25, 0.3) is 0 Å². The van der Waals surface area contributed by atoms with Crippen LogP contribution in [0.4, 0.5) is 0 Å². The molecular formula is C16H27NO2. The fourth-order valence-electron chi connectivity index (χ4n) is 2.46. The second-order valence-electron chi connectivity index (χ2n) is 6.03. The van der Waals surface area contributed by atoms with Crippen LogP contribution >= 0.6 is 0 Å². The molecule has 1 atom stereocenters. The molecule has 0 saturated heterocycles. The Labute approximate surface area is 117 Å². The van der Waals surface area contributed by atoms with E-state index in [1.807, 2.05) is 6.92 Å². The molecule has 3 heteroatoms. The van der Waals surface area contributed by atoms with Crippen LogP contribution in [0, 0.1) is 20.8 Å². The van der Waals surface area contributed by atoms with E-state index >= 15 is 0 Å². The number of aryl methyl sites for hydroxylation is 3. The van der Waals surface area contributed by atoms with Crippen LogP contribution < -0.4 is 10.1 Å². The van der Waals surface area contributed by atoms with Gasteiger partial charge < -0.3 is 15.2 Å². The zero-order chi connectivity index (χ0) is 14.6. The summed E-state index contributed by atoms with van der Waals surface area (Å²) < 4.78 is 5.96. The van der Waals surface area contributed by atoms with Crippen LogP contribution in [0.15, 0.2) is 12.1 Å². The van der Waals surface area contributed by atoms with Gasteiger partial charge in [0.05, 0.1) is 12.1 Å². The average molecular weight is 265 g/mol. The summed E-state index contributed by atoms with van der Waals surface area (Å²) in [6.07, 6.45) is 0. The zero-order valence-electron chi connectivity index (χ0n) is 13.0. The number of hydrogen-bond acceptors (Lipinski definition) is 3. The van der Waals surface area contributed by atoms with Crippen molar-refractivity contribution in [2.75, 3.05) is 13.2 Å². The van der Waals surface area contributed by atoms with E-state index in [-0.39, 0.29) is 6.61 Å². The smallest absolute Gasteiger partial charge is 0.125 e. The van der Waals surface area contributed by atoms with Gasteiger partial charge in [-0.2, -0.15) is 0 Å². The molecule has 0 aliphatic carbocycles. The molecule has 1 rings (SSSR count). The first-order chi connectivity index (χ1) is 8.77. The first-order valence-corrected chi connectivity index (χ1v) is 6.86. The standard InChI is InChI=1S/C16H27NO2/c1-11(2)17-16(6,9-18)10-19-15-13(4)7-12(3)8-14(15)5/h7-8,11,17-18H,9-10H2,1-6H3. The van der Waals surface area contributed by atoms with Crippen molar-refractivity contribution in [3.8, 4) is 5.75 Å². The molecule has 0 amide bonds. The summed E-state index contributed by atoms with van der Waals surface area (Å²) in [6, 6.07) is 4.55. The van der Waals surface area contributed by atoms with Crippen molar-refractivity contribution in [2.24, 2.45) is 0 Å². The normalized spacial score (nSPS) is 14.5. The van der Waals surface area contributed by atoms with Crippen LogP contribution in [0.25, 0.3) is 0 Å². The summed E-state index contributed by atoms with van der Waals surface area (Å²) in [4.78, 5) is 0. The van der Waals surface area contributed by atoms with Crippen LogP contribution in [-0.2, 0) is 0 Å². The molecule has 0 bridgehead atoms. The maximum absolute atomic E-state index is 9.55. The molecule has 0 radical (unpaired) electrons. The third-order valence-corrected chi connectivity index (χ3v) is 3.13. The van der Waals surface area contributed by atoms with Crippen molar-refractivity contribution in [2.45, 2.75) is 53.1 Å². The topological polar surface area (TPSA) is 41.5 Å². The molecule has 0 spiro atoms. The number of aliphatic hydroxyl groups excluding tert-OH is 1. The minimum atomic E-state index is -0.419. The predicted octanol–water partition coefficient (Wildman–Crippen LogP) is 2.74. The van der Waals surface area contributed by atoms with E-state index in [9.17, 15) is 5.11 Å². The Bertz CT molecular complexity index is 406. The zero-order valence-corrected chi connectivity index (χ0v) is 13.0. The van der Waals surface area contributed by atoms with Gasteiger partial charge in [-0.15, -0.1) is 0 Å². The van der Waals surface area contributed by atoms with Crippen molar-refractivity contribution < 1.29 is 9.84 Å². The molecule has 0 saturated carbocycles. The number of ether oxygens (including phenoxy) is 1. The Morgan fingerprint density at radius 2 is 1.74 bits per heavy atom. The van der Waals surface area contributed by atoms with Crippen LogP contribution in [-0.4, -0.2) is 29.9 Å². The maximum Gasteiger partial charge on any atom is 0.125 e. The third kappa shape index (κ3) is 4.51. The number of hydrogen-bond donors (Lipinski definition) is 2. The van der Waals surface area contributed by atoms with Gasteiger partial charge in [0.2, 0.25) is 0 Å². The number of benzene rings is 1. The Morgan fingerprint density at radius 1 is 1.21 bits per heavy atom. The molecule has 108 valence electrons. The lowest BCUT2D eigenvalue weighted by Gasteiger charge is -2.31. The van der Waals surface area contributed by atoms with E-state index in [2.05, 4.69) is 52.1 Å². The van der Waals surface area contributed by atoms with Gasteiger partial charge in [-0.1, -0.05) is 31.5 Å². The quantitative estimate of drug-likeness (QED) is 0.831. The fourth-order valence-corrected chi connectivity index (χ4v) is 2.46. The Balaban J connectivity index is 2.81. The third-order valence-electron chi connectivity index (χ3n) is 3.13. The molecule has 1 aromatic rings. The van der Waals surface area contributed by atoms with E-state index in [1.165, 1.54) is 5.56 Å². The van der Waals surface area contributed by atoms with E-state index in [4.69, 9.17) is 4.74 Å². The van der Waals surface area contributed by atoms with Gasteiger partial charge in [0.15, 0.2) is 0 Å². The van der Waals surface area contributed by atoms with Crippen molar-refractivity contribution in [3.63, 3.8) is 0 Å². The second-order valence-corrected chi connectivity index (χ2v) is 6.03. The van der Waals surface area contributed by atoms with Crippen LogP contribution in [0.1, 0.15) is 37.5 Å². The van der Waals surface area contributed by atoms with Crippen molar-refractivity contribution in [1.82, 2.24) is 5.32 Å². The average Bonchev–Trinajstić information content (AvgIpc) is 2.26. The lowest BCUT2D eigenvalue weighted by molar-refractivity contribution is 0.108. The molecule has 0 aliphatic rings. The lowest BCUT2D eigenvalue weighted by atomic mass is 10.0.